The SMILES string of the molecule is CCOCCN1CCCc2cccc(N)c21. The zero-order chi connectivity index (χ0) is 11.4. The van der Waals surface area contributed by atoms with Gasteiger partial charge in [0.1, 0.15) is 0 Å². The minimum absolute atomic E-state index is 0.782. The normalized spacial score (nSPS) is 14.9. The van der Waals surface area contributed by atoms with Crippen LogP contribution in [0.1, 0.15) is 18.9 Å². The molecule has 0 amide bonds. The zero-order valence-electron chi connectivity index (χ0n) is 9.91. The Kier molecular flexibility index (Phi) is 3.67. The third-order valence-electron chi connectivity index (χ3n) is 3.05. The Morgan fingerprint density at radius 2 is 2.31 bits per heavy atom. The van der Waals surface area contributed by atoms with Crippen molar-refractivity contribution >= 4 is 11.4 Å². The smallest absolute Gasteiger partial charge is 0.0641 e. The molecule has 0 atom stereocenters. The minimum atomic E-state index is 0.782. The van der Waals surface area contributed by atoms with Crippen LogP contribution >= 0.6 is 0 Å². The number of nitrogens with zero attached hydrogens (tertiary/aromatic N) is 1. The topological polar surface area (TPSA) is 38.5 Å². The third kappa shape index (κ3) is 2.30. The van der Waals surface area contributed by atoms with E-state index < -0.39 is 0 Å². The van der Waals surface area contributed by atoms with Gasteiger partial charge < -0.3 is 15.4 Å². The van der Waals surface area contributed by atoms with Crippen LogP contribution in [0.2, 0.25) is 0 Å². The van der Waals surface area contributed by atoms with Gasteiger partial charge in [-0.25, -0.2) is 0 Å². The van der Waals surface area contributed by atoms with Crippen LogP contribution in [0.15, 0.2) is 18.2 Å². The second-order valence-corrected chi connectivity index (χ2v) is 4.14. The van der Waals surface area contributed by atoms with Crippen molar-refractivity contribution in [1.82, 2.24) is 0 Å². The van der Waals surface area contributed by atoms with Crippen molar-refractivity contribution in [3.63, 3.8) is 0 Å². The Balaban J connectivity index is 2.12. The van der Waals surface area contributed by atoms with Crippen LogP contribution in [0.5, 0.6) is 0 Å². The zero-order valence-corrected chi connectivity index (χ0v) is 9.91. The van der Waals surface area contributed by atoms with Gasteiger partial charge in [0.05, 0.1) is 18.0 Å². The molecule has 88 valence electrons. The van der Waals surface area contributed by atoms with Crippen LogP contribution in [0.3, 0.4) is 0 Å². The molecule has 0 aromatic heterocycles. The van der Waals surface area contributed by atoms with E-state index in [4.69, 9.17) is 10.5 Å². The highest BCUT2D eigenvalue weighted by Gasteiger charge is 2.18. The second kappa shape index (κ2) is 5.21. The highest BCUT2D eigenvalue weighted by molar-refractivity contribution is 5.72. The molecule has 2 N–H and O–H groups in total. The second-order valence-electron chi connectivity index (χ2n) is 4.14. The van der Waals surface area contributed by atoms with Gasteiger partial charge in [0.25, 0.3) is 0 Å². The summed E-state index contributed by atoms with van der Waals surface area (Å²) in [5.74, 6) is 0. The first-order valence-corrected chi connectivity index (χ1v) is 6.03. The first-order chi connectivity index (χ1) is 7.83. The molecule has 0 saturated carbocycles. The van der Waals surface area contributed by atoms with Crippen molar-refractivity contribution in [2.24, 2.45) is 0 Å². The number of nitrogen functional groups attached to an aromatic ring is 1. The predicted molar refractivity (Wildman–Crippen MR) is 67.9 cm³/mol. The standard InChI is InChI=1S/C13H20N2O/c1-2-16-10-9-15-8-4-6-11-5-3-7-12(14)13(11)15/h3,5,7H,2,4,6,8-10,14H2,1H3. The number of benzene rings is 1. The van der Waals surface area contributed by atoms with E-state index in [1.54, 1.807) is 0 Å². The summed E-state index contributed by atoms with van der Waals surface area (Å²) in [6, 6.07) is 6.20. The summed E-state index contributed by atoms with van der Waals surface area (Å²) in [5, 5.41) is 0. The van der Waals surface area contributed by atoms with Crippen LogP contribution in [-0.4, -0.2) is 26.3 Å². The van der Waals surface area contributed by atoms with E-state index in [0.29, 0.717) is 0 Å². The first-order valence-electron chi connectivity index (χ1n) is 6.03. The van der Waals surface area contributed by atoms with Gasteiger partial charge in [-0.3, -0.25) is 0 Å². The summed E-state index contributed by atoms with van der Waals surface area (Å²) in [6.07, 6.45) is 2.36. The molecule has 16 heavy (non-hydrogen) atoms. The van der Waals surface area contributed by atoms with Crippen molar-refractivity contribution < 1.29 is 4.74 Å². The largest absolute Gasteiger partial charge is 0.397 e. The molecular weight excluding hydrogens is 200 g/mol. The van der Waals surface area contributed by atoms with Gasteiger partial charge in [-0.05, 0) is 31.4 Å². The van der Waals surface area contributed by atoms with Gasteiger partial charge in [-0.1, -0.05) is 12.1 Å². The molecule has 1 aromatic rings. The van der Waals surface area contributed by atoms with Gasteiger partial charge in [0.2, 0.25) is 0 Å². The highest BCUT2D eigenvalue weighted by Crippen LogP contribution is 2.32. The molecule has 3 heteroatoms. The fraction of sp³-hybridized carbons (Fsp3) is 0.538. The molecule has 1 aliphatic heterocycles. The Morgan fingerprint density at radius 1 is 1.44 bits per heavy atom. The Labute approximate surface area is 97.2 Å². The molecule has 1 heterocycles. The number of hydrogen-bond acceptors (Lipinski definition) is 3. The third-order valence-corrected chi connectivity index (χ3v) is 3.05. The van der Waals surface area contributed by atoms with Crippen molar-refractivity contribution in [2.45, 2.75) is 19.8 Å². The maximum absolute atomic E-state index is 6.05. The molecule has 0 radical (unpaired) electrons. The molecule has 0 bridgehead atoms. The lowest BCUT2D eigenvalue weighted by molar-refractivity contribution is 0.153. The van der Waals surface area contributed by atoms with E-state index >= 15 is 0 Å². The van der Waals surface area contributed by atoms with E-state index in [1.165, 1.54) is 17.7 Å². The summed E-state index contributed by atoms with van der Waals surface area (Å²) in [7, 11) is 0. The fourth-order valence-electron chi connectivity index (χ4n) is 2.31. The van der Waals surface area contributed by atoms with Gasteiger partial charge in [0, 0.05) is 19.7 Å². The van der Waals surface area contributed by atoms with Crippen molar-refractivity contribution in [3.8, 4) is 0 Å². The van der Waals surface area contributed by atoms with Crippen molar-refractivity contribution in [2.75, 3.05) is 36.9 Å². The van der Waals surface area contributed by atoms with E-state index in [9.17, 15) is 0 Å². The van der Waals surface area contributed by atoms with Gasteiger partial charge >= 0.3 is 0 Å². The Bertz CT molecular complexity index is 352. The minimum Gasteiger partial charge on any atom is -0.397 e. The van der Waals surface area contributed by atoms with E-state index in [-0.39, 0.29) is 0 Å². The fourth-order valence-corrected chi connectivity index (χ4v) is 2.31. The van der Waals surface area contributed by atoms with Crippen LogP contribution in [0.4, 0.5) is 11.4 Å². The lowest BCUT2D eigenvalue weighted by Gasteiger charge is -2.32. The molecule has 2 rings (SSSR count). The lowest BCUT2D eigenvalue weighted by atomic mass is 10.0. The number of rotatable bonds is 4. The van der Waals surface area contributed by atoms with Gasteiger partial charge in [-0.2, -0.15) is 0 Å². The average molecular weight is 220 g/mol. The Hall–Kier alpha value is -1.22. The number of anilines is 2. The highest BCUT2D eigenvalue weighted by atomic mass is 16.5. The molecule has 0 unspecified atom stereocenters. The van der Waals surface area contributed by atoms with Gasteiger partial charge in [0.15, 0.2) is 0 Å². The Morgan fingerprint density at radius 3 is 3.12 bits per heavy atom. The quantitative estimate of drug-likeness (QED) is 0.623. The summed E-state index contributed by atoms with van der Waals surface area (Å²) in [6.45, 7) is 5.62. The lowest BCUT2D eigenvalue weighted by Crippen LogP contribution is -2.33. The van der Waals surface area contributed by atoms with E-state index in [0.717, 1.165) is 38.4 Å². The molecule has 0 saturated heterocycles. The van der Waals surface area contributed by atoms with Gasteiger partial charge in [-0.15, -0.1) is 0 Å². The predicted octanol–water partition coefficient (Wildman–Crippen LogP) is 2.06. The van der Waals surface area contributed by atoms with Crippen molar-refractivity contribution in [1.29, 1.82) is 0 Å². The molecule has 1 aromatic carbocycles. The van der Waals surface area contributed by atoms with E-state index in [1.807, 2.05) is 19.1 Å². The summed E-state index contributed by atoms with van der Waals surface area (Å²) in [4.78, 5) is 2.35. The average Bonchev–Trinajstić information content (AvgIpc) is 2.30. The number of para-hydroxylation sites is 1. The molecule has 0 fully saturated rings. The number of fused-ring (bicyclic) bond motifs is 1. The van der Waals surface area contributed by atoms with Crippen LogP contribution in [0.25, 0.3) is 0 Å². The van der Waals surface area contributed by atoms with Crippen LogP contribution in [0, 0.1) is 0 Å². The molecule has 0 aliphatic carbocycles. The first kappa shape index (κ1) is 11.3. The maximum atomic E-state index is 6.05. The number of hydrogen-bond donors (Lipinski definition) is 1. The summed E-state index contributed by atoms with van der Waals surface area (Å²) < 4.78 is 5.41. The molecule has 1 aliphatic rings. The monoisotopic (exact) mass is 220 g/mol. The number of nitrogens with two attached hydrogens (primary N) is 1. The van der Waals surface area contributed by atoms with Crippen LogP contribution in [-0.2, 0) is 11.2 Å². The maximum Gasteiger partial charge on any atom is 0.0641 e. The van der Waals surface area contributed by atoms with Crippen molar-refractivity contribution in [3.05, 3.63) is 23.8 Å². The molecule has 3 nitrogen and oxygen atoms in total. The summed E-state index contributed by atoms with van der Waals surface area (Å²) >= 11 is 0. The summed E-state index contributed by atoms with van der Waals surface area (Å²) in [5.41, 5.74) is 9.56. The molecule has 0 spiro atoms. The number of aryl methyl sites for hydroxylation is 1. The van der Waals surface area contributed by atoms with Crippen LogP contribution < -0.4 is 10.6 Å². The van der Waals surface area contributed by atoms with E-state index in [2.05, 4.69) is 11.0 Å². The molecular formula is C13H20N2O. The number of ether oxygens (including phenoxy) is 1.